The van der Waals surface area contributed by atoms with E-state index in [9.17, 15) is 4.79 Å². The van der Waals surface area contributed by atoms with Gasteiger partial charge in [0.05, 0.1) is 5.69 Å². The average Bonchev–Trinajstić information content (AvgIpc) is 3.31. The maximum Gasteiger partial charge on any atom is 0.270 e. The van der Waals surface area contributed by atoms with Crippen molar-refractivity contribution in [1.82, 2.24) is 19.5 Å². The molecule has 0 bridgehead atoms. The molecule has 2 aromatic heterocycles. The summed E-state index contributed by atoms with van der Waals surface area (Å²) in [6.07, 6.45) is 4.25. The molecule has 6 heteroatoms. The first-order valence-electron chi connectivity index (χ1n) is 10.2. The summed E-state index contributed by atoms with van der Waals surface area (Å²) in [7, 11) is 0. The van der Waals surface area contributed by atoms with Crippen LogP contribution < -0.4 is 0 Å². The molecule has 0 spiro atoms. The van der Waals surface area contributed by atoms with Crippen molar-refractivity contribution in [2.75, 3.05) is 32.7 Å². The number of amides is 1. The molecule has 1 aromatic carbocycles. The molecule has 2 aliphatic heterocycles. The normalized spacial score (nSPS) is 18.8. The molecule has 2 aliphatic rings. The van der Waals surface area contributed by atoms with Gasteiger partial charge in [-0.3, -0.25) is 4.79 Å². The van der Waals surface area contributed by atoms with E-state index in [0.29, 0.717) is 5.92 Å². The van der Waals surface area contributed by atoms with Crippen molar-refractivity contribution in [3.63, 3.8) is 0 Å². The van der Waals surface area contributed by atoms with Crippen LogP contribution in [-0.2, 0) is 6.54 Å². The highest BCUT2D eigenvalue weighted by atomic mass is 16.5. The molecule has 1 saturated heterocycles. The second-order valence-corrected chi connectivity index (χ2v) is 8.07. The zero-order valence-electron chi connectivity index (χ0n) is 16.3. The lowest BCUT2D eigenvalue weighted by molar-refractivity contribution is 0.0674. The SMILES string of the molecule is Cc1cc2n(c1)CCN(CCN1CCC(c3noc4ccccc34)CC1)C2=O. The van der Waals surface area contributed by atoms with Gasteiger partial charge in [0.2, 0.25) is 0 Å². The van der Waals surface area contributed by atoms with Crippen LogP contribution in [0.3, 0.4) is 0 Å². The van der Waals surface area contributed by atoms with E-state index < -0.39 is 0 Å². The Bertz CT molecular complexity index is 997. The van der Waals surface area contributed by atoms with E-state index in [1.54, 1.807) is 0 Å². The molecule has 0 N–H and O–H groups in total. The summed E-state index contributed by atoms with van der Waals surface area (Å²) in [5.41, 5.74) is 3.98. The molecule has 4 heterocycles. The summed E-state index contributed by atoms with van der Waals surface area (Å²) in [5, 5.41) is 5.50. The number of likely N-dealkylation sites (tertiary alicyclic amines) is 1. The highest BCUT2D eigenvalue weighted by Crippen LogP contribution is 2.32. The number of piperidine rings is 1. The lowest BCUT2D eigenvalue weighted by Crippen LogP contribution is -2.45. The van der Waals surface area contributed by atoms with Gasteiger partial charge >= 0.3 is 0 Å². The number of aryl methyl sites for hydroxylation is 1. The molecular formula is C22H26N4O2. The molecule has 146 valence electrons. The monoisotopic (exact) mass is 378 g/mol. The fourth-order valence-corrected chi connectivity index (χ4v) is 4.62. The van der Waals surface area contributed by atoms with E-state index in [2.05, 4.69) is 26.9 Å². The average molecular weight is 378 g/mol. The van der Waals surface area contributed by atoms with Crippen LogP contribution in [-0.4, -0.2) is 58.2 Å². The van der Waals surface area contributed by atoms with Gasteiger partial charge in [-0.05, 0) is 56.6 Å². The highest BCUT2D eigenvalue weighted by Gasteiger charge is 2.27. The van der Waals surface area contributed by atoms with Crippen LogP contribution in [0.25, 0.3) is 11.0 Å². The minimum Gasteiger partial charge on any atom is -0.356 e. The predicted molar refractivity (Wildman–Crippen MR) is 107 cm³/mol. The predicted octanol–water partition coefficient (Wildman–Crippen LogP) is 3.27. The van der Waals surface area contributed by atoms with E-state index in [1.807, 2.05) is 36.1 Å². The molecule has 28 heavy (non-hydrogen) atoms. The van der Waals surface area contributed by atoms with Gasteiger partial charge in [-0.1, -0.05) is 17.3 Å². The molecular weight excluding hydrogens is 352 g/mol. The van der Waals surface area contributed by atoms with Crippen LogP contribution >= 0.6 is 0 Å². The lowest BCUT2D eigenvalue weighted by Gasteiger charge is -2.34. The molecule has 1 amide bonds. The Morgan fingerprint density at radius 3 is 2.79 bits per heavy atom. The number of rotatable bonds is 4. The van der Waals surface area contributed by atoms with Gasteiger partial charge in [-0.25, -0.2) is 0 Å². The molecule has 0 unspecified atom stereocenters. The molecule has 5 rings (SSSR count). The van der Waals surface area contributed by atoms with Gasteiger partial charge in [-0.2, -0.15) is 0 Å². The van der Waals surface area contributed by atoms with Gasteiger partial charge < -0.3 is 18.9 Å². The summed E-state index contributed by atoms with van der Waals surface area (Å²) in [5.74, 6) is 0.631. The van der Waals surface area contributed by atoms with Crippen LogP contribution in [0.2, 0.25) is 0 Å². The zero-order valence-corrected chi connectivity index (χ0v) is 16.3. The zero-order chi connectivity index (χ0) is 19.1. The van der Waals surface area contributed by atoms with Gasteiger partial charge in [-0.15, -0.1) is 0 Å². The topological polar surface area (TPSA) is 54.5 Å². The Kier molecular flexibility index (Phi) is 4.43. The smallest absolute Gasteiger partial charge is 0.270 e. The van der Waals surface area contributed by atoms with Crippen molar-refractivity contribution in [2.45, 2.75) is 32.2 Å². The molecule has 0 saturated carbocycles. The van der Waals surface area contributed by atoms with Crippen LogP contribution in [0.5, 0.6) is 0 Å². The summed E-state index contributed by atoms with van der Waals surface area (Å²) in [4.78, 5) is 17.2. The van der Waals surface area contributed by atoms with Crippen LogP contribution in [0.15, 0.2) is 41.1 Å². The first kappa shape index (κ1) is 17.5. The Labute approximate surface area is 164 Å². The van der Waals surface area contributed by atoms with Crippen molar-refractivity contribution >= 4 is 16.9 Å². The van der Waals surface area contributed by atoms with E-state index >= 15 is 0 Å². The summed E-state index contributed by atoms with van der Waals surface area (Å²) in [6.45, 7) is 7.59. The van der Waals surface area contributed by atoms with Crippen molar-refractivity contribution in [2.24, 2.45) is 0 Å². The molecule has 3 aromatic rings. The molecule has 6 nitrogen and oxygen atoms in total. The first-order chi connectivity index (χ1) is 13.7. The number of aromatic nitrogens is 2. The minimum atomic E-state index is 0.170. The number of nitrogens with zero attached hydrogens (tertiary/aromatic N) is 4. The second-order valence-electron chi connectivity index (χ2n) is 8.07. The number of carbonyl (C=O) groups excluding carboxylic acids is 1. The number of fused-ring (bicyclic) bond motifs is 2. The third-order valence-corrected chi connectivity index (χ3v) is 6.22. The van der Waals surface area contributed by atoms with Crippen molar-refractivity contribution in [3.05, 3.63) is 53.5 Å². The van der Waals surface area contributed by atoms with E-state index in [4.69, 9.17) is 4.52 Å². The maximum atomic E-state index is 12.7. The van der Waals surface area contributed by atoms with Crippen LogP contribution in [0.4, 0.5) is 0 Å². The van der Waals surface area contributed by atoms with Gasteiger partial charge in [0, 0.05) is 43.7 Å². The van der Waals surface area contributed by atoms with E-state index in [1.165, 1.54) is 0 Å². The summed E-state index contributed by atoms with van der Waals surface area (Å²) >= 11 is 0. The van der Waals surface area contributed by atoms with Crippen molar-refractivity contribution in [3.8, 4) is 0 Å². The Morgan fingerprint density at radius 1 is 1.11 bits per heavy atom. The number of hydrogen-bond acceptors (Lipinski definition) is 4. The van der Waals surface area contributed by atoms with Crippen LogP contribution in [0, 0.1) is 6.92 Å². The van der Waals surface area contributed by atoms with Crippen molar-refractivity contribution < 1.29 is 9.32 Å². The van der Waals surface area contributed by atoms with Gasteiger partial charge in [0.1, 0.15) is 5.69 Å². The number of hydrogen-bond donors (Lipinski definition) is 0. The molecule has 0 radical (unpaired) electrons. The number of benzene rings is 1. The second kappa shape index (κ2) is 7.09. The fourth-order valence-electron chi connectivity index (χ4n) is 4.62. The van der Waals surface area contributed by atoms with Gasteiger partial charge in [0.25, 0.3) is 5.91 Å². The Morgan fingerprint density at radius 2 is 1.93 bits per heavy atom. The Balaban J connectivity index is 1.17. The number of para-hydroxylation sites is 1. The Hall–Kier alpha value is -2.60. The fraction of sp³-hybridized carbons (Fsp3) is 0.455. The lowest BCUT2D eigenvalue weighted by atomic mass is 9.91. The molecule has 0 atom stereocenters. The molecule has 0 aliphatic carbocycles. The highest BCUT2D eigenvalue weighted by molar-refractivity contribution is 5.93. The van der Waals surface area contributed by atoms with Gasteiger partial charge in [0.15, 0.2) is 5.58 Å². The third-order valence-electron chi connectivity index (χ3n) is 6.22. The summed E-state index contributed by atoms with van der Waals surface area (Å²) in [6, 6.07) is 10.1. The maximum absolute atomic E-state index is 12.7. The largest absolute Gasteiger partial charge is 0.356 e. The van der Waals surface area contributed by atoms with Crippen molar-refractivity contribution in [1.29, 1.82) is 0 Å². The van der Waals surface area contributed by atoms with Crippen LogP contribution in [0.1, 0.15) is 40.5 Å². The minimum absolute atomic E-state index is 0.170. The number of carbonyl (C=O) groups is 1. The molecule has 1 fully saturated rings. The van der Waals surface area contributed by atoms with E-state index in [-0.39, 0.29) is 5.91 Å². The summed E-state index contributed by atoms with van der Waals surface area (Å²) < 4.78 is 7.57. The standard InChI is InChI=1S/C22H26N4O2/c1-16-14-19-22(27)25(12-13-26(19)15-16)11-10-24-8-6-17(7-9-24)21-18-4-2-3-5-20(18)28-23-21/h2-5,14-15,17H,6-13H2,1H3. The van der Waals surface area contributed by atoms with E-state index in [0.717, 1.165) is 80.0 Å². The third kappa shape index (κ3) is 3.11. The quantitative estimate of drug-likeness (QED) is 0.699. The first-order valence-corrected chi connectivity index (χ1v) is 10.2.